The third-order valence-corrected chi connectivity index (χ3v) is 3.90. The number of likely N-dealkylation sites (tertiary alicyclic amines) is 1. The Labute approximate surface area is 124 Å². The zero-order valence-electron chi connectivity index (χ0n) is 12.4. The predicted molar refractivity (Wildman–Crippen MR) is 78.5 cm³/mol. The third-order valence-electron chi connectivity index (χ3n) is 3.90. The summed E-state index contributed by atoms with van der Waals surface area (Å²) in [4.78, 5) is 16.4. The van der Waals surface area contributed by atoms with Crippen LogP contribution in [-0.4, -0.2) is 55.4 Å². The molecule has 1 fully saturated rings. The van der Waals surface area contributed by atoms with Crippen molar-refractivity contribution >= 4 is 5.78 Å². The molecule has 1 saturated heterocycles. The summed E-state index contributed by atoms with van der Waals surface area (Å²) in [6.07, 6.45) is 2.82. The molecular weight excluding hydrogens is 274 g/mol. The minimum atomic E-state index is -0.708. The summed E-state index contributed by atoms with van der Waals surface area (Å²) in [6, 6.07) is 2.96. The highest BCUT2D eigenvalue weighted by molar-refractivity contribution is 5.96. The molecule has 1 aromatic carbocycles. The molecule has 0 unspecified atom stereocenters. The zero-order chi connectivity index (χ0) is 15.2. The van der Waals surface area contributed by atoms with Crippen LogP contribution in [-0.2, 0) is 0 Å². The molecule has 116 valence electrons. The Hall–Kier alpha value is -1.33. The van der Waals surface area contributed by atoms with Crippen LogP contribution in [0.1, 0.15) is 29.6 Å². The summed E-state index contributed by atoms with van der Waals surface area (Å²) in [5.74, 6) is -1.64. The van der Waals surface area contributed by atoms with Gasteiger partial charge in [-0.2, -0.15) is 0 Å². The van der Waals surface area contributed by atoms with Crippen LogP contribution in [0.15, 0.2) is 18.2 Å². The van der Waals surface area contributed by atoms with Gasteiger partial charge in [-0.15, -0.1) is 0 Å². The molecule has 2 rings (SSSR count). The standard InChI is InChI=1S/C16H22F2N2O/c1-19(8-9-20-5-2-3-6-20)7-4-16(21)13-10-14(17)12-15(18)11-13/h10-12H,2-9H2,1H3. The molecule has 0 atom stereocenters. The molecule has 0 bridgehead atoms. The van der Waals surface area contributed by atoms with Crippen LogP contribution in [0.5, 0.6) is 0 Å². The van der Waals surface area contributed by atoms with Gasteiger partial charge in [-0.1, -0.05) is 0 Å². The molecule has 0 radical (unpaired) electrons. The van der Waals surface area contributed by atoms with Gasteiger partial charge in [0.25, 0.3) is 0 Å². The van der Waals surface area contributed by atoms with Gasteiger partial charge in [-0.3, -0.25) is 4.79 Å². The first kappa shape index (κ1) is 16.0. The van der Waals surface area contributed by atoms with Crippen molar-refractivity contribution < 1.29 is 13.6 Å². The predicted octanol–water partition coefficient (Wildman–Crippen LogP) is 2.57. The number of nitrogens with zero attached hydrogens (tertiary/aromatic N) is 2. The lowest BCUT2D eigenvalue weighted by atomic mass is 10.1. The topological polar surface area (TPSA) is 23.6 Å². The summed E-state index contributed by atoms with van der Waals surface area (Å²) < 4.78 is 26.1. The van der Waals surface area contributed by atoms with E-state index in [9.17, 15) is 13.6 Å². The van der Waals surface area contributed by atoms with Gasteiger partial charge in [0.2, 0.25) is 0 Å². The van der Waals surface area contributed by atoms with E-state index in [0.29, 0.717) is 6.54 Å². The van der Waals surface area contributed by atoms with Gasteiger partial charge < -0.3 is 9.80 Å². The lowest BCUT2D eigenvalue weighted by Gasteiger charge is -2.20. The second-order valence-electron chi connectivity index (χ2n) is 5.68. The van der Waals surface area contributed by atoms with Crippen LogP contribution < -0.4 is 0 Å². The molecule has 21 heavy (non-hydrogen) atoms. The minimum Gasteiger partial charge on any atom is -0.305 e. The molecule has 1 aliphatic heterocycles. The van der Waals surface area contributed by atoms with Crippen LogP contribution in [0.2, 0.25) is 0 Å². The van der Waals surface area contributed by atoms with Crippen molar-refractivity contribution in [1.29, 1.82) is 0 Å². The fourth-order valence-electron chi connectivity index (χ4n) is 2.58. The van der Waals surface area contributed by atoms with Gasteiger partial charge in [-0.05, 0) is 45.1 Å². The van der Waals surface area contributed by atoms with Crippen LogP contribution in [0, 0.1) is 11.6 Å². The number of halogens is 2. The Balaban J connectivity index is 1.74. The van der Waals surface area contributed by atoms with Gasteiger partial charge in [0.1, 0.15) is 11.6 Å². The molecule has 0 amide bonds. The maximum absolute atomic E-state index is 13.1. The highest BCUT2D eigenvalue weighted by Crippen LogP contribution is 2.11. The van der Waals surface area contributed by atoms with E-state index in [1.807, 2.05) is 7.05 Å². The highest BCUT2D eigenvalue weighted by Gasteiger charge is 2.13. The molecular formula is C16H22F2N2O. The van der Waals surface area contributed by atoms with Gasteiger partial charge >= 0.3 is 0 Å². The fraction of sp³-hybridized carbons (Fsp3) is 0.562. The summed E-state index contributed by atoms with van der Waals surface area (Å²) in [6.45, 7) is 4.85. The number of rotatable bonds is 7. The molecule has 0 aliphatic carbocycles. The van der Waals surface area contributed by atoms with Crippen molar-refractivity contribution in [2.24, 2.45) is 0 Å². The number of carbonyl (C=O) groups excluding carboxylic acids is 1. The van der Waals surface area contributed by atoms with E-state index >= 15 is 0 Å². The minimum absolute atomic E-state index is 0.112. The van der Waals surface area contributed by atoms with Crippen molar-refractivity contribution in [3.8, 4) is 0 Å². The number of benzene rings is 1. The summed E-state index contributed by atoms with van der Waals surface area (Å²) in [7, 11) is 1.97. The summed E-state index contributed by atoms with van der Waals surface area (Å²) >= 11 is 0. The lowest BCUT2D eigenvalue weighted by molar-refractivity contribution is 0.0966. The monoisotopic (exact) mass is 296 g/mol. The lowest BCUT2D eigenvalue weighted by Crippen LogP contribution is -2.32. The second-order valence-corrected chi connectivity index (χ2v) is 5.68. The Morgan fingerprint density at radius 2 is 1.76 bits per heavy atom. The maximum Gasteiger partial charge on any atom is 0.164 e. The molecule has 1 aromatic rings. The van der Waals surface area contributed by atoms with Crippen molar-refractivity contribution in [3.63, 3.8) is 0 Å². The van der Waals surface area contributed by atoms with Crippen LogP contribution in [0.4, 0.5) is 8.78 Å². The first-order valence-corrected chi connectivity index (χ1v) is 7.45. The first-order valence-electron chi connectivity index (χ1n) is 7.45. The molecule has 1 heterocycles. The van der Waals surface area contributed by atoms with Gasteiger partial charge in [0.05, 0.1) is 0 Å². The van der Waals surface area contributed by atoms with Crippen LogP contribution in [0.3, 0.4) is 0 Å². The van der Waals surface area contributed by atoms with Crippen LogP contribution >= 0.6 is 0 Å². The molecule has 3 nitrogen and oxygen atoms in total. The molecule has 5 heteroatoms. The smallest absolute Gasteiger partial charge is 0.164 e. The van der Waals surface area contributed by atoms with Gasteiger partial charge in [0, 0.05) is 37.7 Å². The van der Waals surface area contributed by atoms with E-state index in [-0.39, 0.29) is 17.8 Å². The van der Waals surface area contributed by atoms with E-state index < -0.39 is 11.6 Å². The van der Waals surface area contributed by atoms with E-state index in [1.165, 1.54) is 12.8 Å². The number of carbonyl (C=O) groups is 1. The van der Waals surface area contributed by atoms with Crippen molar-refractivity contribution in [1.82, 2.24) is 9.80 Å². The zero-order valence-corrected chi connectivity index (χ0v) is 12.4. The number of hydrogen-bond acceptors (Lipinski definition) is 3. The average Bonchev–Trinajstić information content (AvgIpc) is 2.94. The normalized spacial score (nSPS) is 15.8. The fourth-order valence-corrected chi connectivity index (χ4v) is 2.58. The van der Waals surface area contributed by atoms with Crippen molar-refractivity contribution in [2.45, 2.75) is 19.3 Å². The van der Waals surface area contributed by atoms with Gasteiger partial charge in [0.15, 0.2) is 5.78 Å². The molecule has 0 N–H and O–H groups in total. The van der Waals surface area contributed by atoms with E-state index in [4.69, 9.17) is 0 Å². The van der Waals surface area contributed by atoms with E-state index in [0.717, 1.165) is 44.4 Å². The average molecular weight is 296 g/mol. The first-order chi connectivity index (χ1) is 10.0. The summed E-state index contributed by atoms with van der Waals surface area (Å²) in [5.41, 5.74) is 0.112. The van der Waals surface area contributed by atoms with Crippen molar-refractivity contribution in [2.75, 3.05) is 39.8 Å². The Kier molecular flexibility index (Phi) is 5.82. The highest BCUT2D eigenvalue weighted by atomic mass is 19.1. The van der Waals surface area contributed by atoms with Crippen molar-refractivity contribution in [3.05, 3.63) is 35.4 Å². The second kappa shape index (κ2) is 7.61. The third kappa shape index (κ3) is 5.17. The number of likely N-dealkylation sites (N-methyl/N-ethyl adjacent to an activating group) is 1. The number of Topliss-reactive ketones (excluding diaryl/α,β-unsaturated/α-hetero) is 1. The van der Waals surface area contributed by atoms with E-state index in [2.05, 4.69) is 9.80 Å². The molecule has 0 saturated carbocycles. The van der Waals surface area contributed by atoms with Gasteiger partial charge in [-0.25, -0.2) is 8.78 Å². The van der Waals surface area contributed by atoms with Crippen LogP contribution in [0.25, 0.3) is 0 Å². The Morgan fingerprint density at radius 1 is 1.14 bits per heavy atom. The summed E-state index contributed by atoms with van der Waals surface area (Å²) in [5, 5.41) is 0. The molecule has 0 spiro atoms. The quantitative estimate of drug-likeness (QED) is 0.723. The maximum atomic E-state index is 13.1. The SMILES string of the molecule is CN(CCC(=O)c1cc(F)cc(F)c1)CCN1CCCC1. The Morgan fingerprint density at radius 3 is 2.38 bits per heavy atom. The molecule has 1 aliphatic rings. The van der Waals surface area contributed by atoms with E-state index in [1.54, 1.807) is 0 Å². The molecule has 0 aromatic heterocycles. The largest absolute Gasteiger partial charge is 0.305 e. The Bertz CT molecular complexity index is 467. The number of ketones is 1. The number of hydrogen-bond donors (Lipinski definition) is 0.